The van der Waals surface area contributed by atoms with Crippen LogP contribution in [-0.4, -0.2) is 13.3 Å². The van der Waals surface area contributed by atoms with Gasteiger partial charge >= 0.3 is 6.18 Å². The van der Waals surface area contributed by atoms with E-state index in [2.05, 4.69) is 0 Å². The van der Waals surface area contributed by atoms with Gasteiger partial charge in [0, 0.05) is 12.0 Å². The molecule has 0 aromatic heterocycles. The van der Waals surface area contributed by atoms with Crippen molar-refractivity contribution in [2.75, 3.05) is 7.11 Å². The summed E-state index contributed by atoms with van der Waals surface area (Å²) in [5, 5.41) is 0. The number of hydrogen-bond acceptors (Lipinski definition) is 2. The molecule has 2 nitrogen and oxygen atoms in total. The van der Waals surface area contributed by atoms with Crippen LogP contribution in [0.3, 0.4) is 0 Å². The average molecular weight is 439 g/mol. The van der Waals surface area contributed by atoms with Crippen LogP contribution in [0.5, 0.6) is 17.2 Å². The average Bonchev–Trinajstić information content (AvgIpc) is 2.79. The lowest BCUT2D eigenvalue weighted by molar-refractivity contribution is -0.0888. The summed E-state index contributed by atoms with van der Waals surface area (Å²) in [6.45, 7) is 0. The first-order valence-corrected chi connectivity index (χ1v) is 9.88. The van der Waals surface area contributed by atoms with E-state index in [1.54, 1.807) is 48.5 Å². The van der Waals surface area contributed by atoms with Crippen molar-refractivity contribution in [2.24, 2.45) is 0 Å². The molecule has 0 bridgehead atoms. The first kappa shape index (κ1) is 21.7. The molecule has 3 aromatic rings. The number of halogens is 4. The van der Waals surface area contributed by atoms with E-state index in [-0.39, 0.29) is 17.6 Å². The summed E-state index contributed by atoms with van der Waals surface area (Å²) in [6, 6.07) is 22.0. The number of rotatable bonds is 5. The fraction of sp³-hybridized carbons (Fsp3) is 0.115. The second-order valence-corrected chi connectivity index (χ2v) is 7.15. The molecule has 0 aliphatic heterocycles. The van der Waals surface area contributed by atoms with Crippen LogP contribution in [0, 0.1) is 6.42 Å². The van der Waals surface area contributed by atoms with Gasteiger partial charge in [-0.25, -0.2) is 4.39 Å². The number of ether oxygens (including phenoxy) is 2. The van der Waals surface area contributed by atoms with Crippen molar-refractivity contribution in [3.63, 3.8) is 0 Å². The highest BCUT2D eigenvalue weighted by molar-refractivity contribution is 6.01. The molecule has 6 heteroatoms. The van der Waals surface area contributed by atoms with Crippen molar-refractivity contribution >= 4 is 11.1 Å². The Hall–Kier alpha value is -3.54. The van der Waals surface area contributed by atoms with Crippen molar-refractivity contribution in [1.29, 1.82) is 0 Å². The molecule has 0 unspecified atom stereocenters. The first-order chi connectivity index (χ1) is 15.4. The molecular weight excluding hydrogens is 420 g/mol. The zero-order valence-corrected chi connectivity index (χ0v) is 17.1. The van der Waals surface area contributed by atoms with Crippen LogP contribution in [0.25, 0.3) is 11.1 Å². The molecule has 0 fully saturated rings. The molecule has 3 aromatic carbocycles. The summed E-state index contributed by atoms with van der Waals surface area (Å²) in [7, 11) is 1.47. The van der Waals surface area contributed by atoms with E-state index in [1.165, 1.54) is 19.2 Å². The molecule has 0 heterocycles. The molecule has 32 heavy (non-hydrogen) atoms. The van der Waals surface area contributed by atoms with Crippen LogP contribution in [0.2, 0.25) is 0 Å². The topological polar surface area (TPSA) is 18.5 Å². The summed E-state index contributed by atoms with van der Waals surface area (Å²) in [5.41, 5.74) is -0.233. The van der Waals surface area contributed by atoms with E-state index in [4.69, 9.17) is 9.47 Å². The van der Waals surface area contributed by atoms with Gasteiger partial charge in [-0.2, -0.15) is 13.2 Å². The zero-order chi connectivity index (χ0) is 22.7. The fourth-order valence-corrected chi connectivity index (χ4v) is 3.63. The largest absolute Gasteiger partial charge is 0.497 e. The van der Waals surface area contributed by atoms with Crippen LogP contribution in [-0.2, 0) is 0 Å². The minimum absolute atomic E-state index is 0.0334. The third kappa shape index (κ3) is 4.54. The molecule has 0 atom stereocenters. The fourth-order valence-electron chi connectivity index (χ4n) is 3.63. The Kier molecular flexibility index (Phi) is 6.04. The molecule has 163 valence electrons. The Balaban J connectivity index is 1.78. The van der Waals surface area contributed by atoms with Gasteiger partial charge < -0.3 is 9.47 Å². The maximum Gasteiger partial charge on any atom is 0.419 e. The van der Waals surface area contributed by atoms with Crippen molar-refractivity contribution in [2.45, 2.75) is 12.6 Å². The zero-order valence-electron chi connectivity index (χ0n) is 17.1. The van der Waals surface area contributed by atoms with Crippen LogP contribution < -0.4 is 9.47 Å². The number of para-hydroxylation sites is 1. The highest BCUT2D eigenvalue weighted by atomic mass is 19.4. The molecule has 0 N–H and O–H groups in total. The van der Waals surface area contributed by atoms with Gasteiger partial charge in [-0.05, 0) is 59.5 Å². The molecule has 1 aliphatic rings. The molecule has 0 saturated carbocycles. The lowest BCUT2D eigenvalue weighted by Gasteiger charge is -2.25. The number of hydrogen-bond donors (Lipinski definition) is 0. The Labute approximate surface area is 183 Å². The van der Waals surface area contributed by atoms with Gasteiger partial charge in [-0.1, -0.05) is 42.5 Å². The van der Waals surface area contributed by atoms with E-state index >= 15 is 0 Å². The smallest absolute Gasteiger partial charge is 0.419 e. The molecule has 0 saturated heterocycles. The third-order valence-electron chi connectivity index (χ3n) is 5.12. The van der Waals surface area contributed by atoms with Crippen LogP contribution in [0.4, 0.5) is 17.6 Å². The second-order valence-electron chi connectivity index (χ2n) is 7.15. The predicted octanol–water partition coefficient (Wildman–Crippen LogP) is 7.79. The van der Waals surface area contributed by atoms with Crippen LogP contribution in [0.1, 0.15) is 17.5 Å². The standard InChI is InChI=1S/C26H19F4O2/c1-31-19-11-9-18(10-12-19)24-22(15-16-23(27)25(24)26(28,29)30)17-7-13-21(14-8-17)32-20-5-3-2-4-6-20/h2-14,16H,15H2,1H3. The Morgan fingerprint density at radius 1 is 0.719 bits per heavy atom. The monoisotopic (exact) mass is 439 g/mol. The summed E-state index contributed by atoms with van der Waals surface area (Å²) in [5.74, 6) is 0.424. The van der Waals surface area contributed by atoms with Gasteiger partial charge in [-0.3, -0.25) is 0 Å². The van der Waals surface area contributed by atoms with Gasteiger partial charge in [0.05, 0.1) is 12.7 Å². The van der Waals surface area contributed by atoms with Gasteiger partial charge in [-0.15, -0.1) is 0 Å². The van der Waals surface area contributed by atoms with Crippen molar-refractivity contribution in [3.8, 4) is 17.2 Å². The highest BCUT2D eigenvalue weighted by Crippen LogP contribution is 2.48. The van der Waals surface area contributed by atoms with Crippen LogP contribution >= 0.6 is 0 Å². The number of allylic oxidation sites excluding steroid dienone is 4. The van der Waals surface area contributed by atoms with Gasteiger partial charge in [0.2, 0.25) is 0 Å². The Morgan fingerprint density at radius 3 is 1.88 bits per heavy atom. The highest BCUT2D eigenvalue weighted by Gasteiger charge is 2.42. The van der Waals surface area contributed by atoms with Gasteiger partial charge in [0.15, 0.2) is 0 Å². The van der Waals surface area contributed by atoms with E-state index in [0.717, 1.165) is 6.42 Å². The lowest BCUT2D eigenvalue weighted by Crippen LogP contribution is -2.19. The normalized spacial score (nSPS) is 14.5. The lowest BCUT2D eigenvalue weighted by atomic mass is 9.82. The second kappa shape index (κ2) is 8.91. The maximum atomic E-state index is 14.4. The van der Waals surface area contributed by atoms with Crippen LogP contribution in [0.15, 0.2) is 90.3 Å². The van der Waals surface area contributed by atoms with Gasteiger partial charge in [0.1, 0.15) is 23.1 Å². The van der Waals surface area contributed by atoms with Gasteiger partial charge in [0.25, 0.3) is 0 Å². The summed E-state index contributed by atoms with van der Waals surface area (Å²) < 4.78 is 66.9. The van der Waals surface area contributed by atoms with E-state index in [0.29, 0.717) is 28.4 Å². The van der Waals surface area contributed by atoms with Crippen molar-refractivity contribution < 1.29 is 27.0 Å². The molecule has 4 rings (SSSR count). The molecular formula is C26H19F4O2. The quantitative estimate of drug-likeness (QED) is 0.378. The summed E-state index contributed by atoms with van der Waals surface area (Å²) >= 11 is 0. The van der Waals surface area contributed by atoms with E-state index in [1.807, 2.05) is 18.2 Å². The van der Waals surface area contributed by atoms with E-state index < -0.39 is 17.6 Å². The summed E-state index contributed by atoms with van der Waals surface area (Å²) in [6.07, 6.45) is -3.84. The first-order valence-electron chi connectivity index (χ1n) is 9.88. The molecule has 0 amide bonds. The Bertz CT molecular complexity index is 1140. The predicted molar refractivity (Wildman–Crippen MR) is 116 cm³/mol. The number of benzene rings is 3. The Morgan fingerprint density at radius 2 is 1.28 bits per heavy atom. The van der Waals surface area contributed by atoms with Crippen molar-refractivity contribution in [3.05, 3.63) is 108 Å². The number of alkyl halides is 3. The molecule has 1 aliphatic carbocycles. The van der Waals surface area contributed by atoms with E-state index in [9.17, 15) is 17.6 Å². The van der Waals surface area contributed by atoms with Crippen molar-refractivity contribution in [1.82, 2.24) is 0 Å². The minimum atomic E-state index is -4.85. The summed E-state index contributed by atoms with van der Waals surface area (Å²) in [4.78, 5) is 0. The SMILES string of the molecule is COc1ccc(C2=C(c3ccc(Oc4ccccc4)cc3)C[CH]C(F)=C2C(F)(F)F)cc1. The number of methoxy groups -OCH3 is 1. The molecule has 1 radical (unpaired) electrons. The minimum Gasteiger partial charge on any atom is -0.497 e. The third-order valence-corrected chi connectivity index (χ3v) is 5.12. The maximum absolute atomic E-state index is 14.4. The molecule has 0 spiro atoms.